The zero-order valence-electron chi connectivity index (χ0n) is 26.8. The Morgan fingerprint density at radius 3 is 1.11 bits per heavy atom. The molecular formula is C38H42N6O2. The molecule has 0 radical (unpaired) electrons. The third-order valence-electron chi connectivity index (χ3n) is 10.1. The van der Waals surface area contributed by atoms with Crippen LogP contribution in [0.5, 0.6) is 0 Å². The molecule has 0 saturated heterocycles. The number of aliphatic hydroxyl groups excluding tert-OH is 2. The lowest BCUT2D eigenvalue weighted by atomic mass is 9.60. The van der Waals surface area contributed by atoms with Crippen LogP contribution in [0.25, 0.3) is 43.1 Å². The van der Waals surface area contributed by atoms with Crippen LogP contribution in [0, 0.1) is 0 Å². The van der Waals surface area contributed by atoms with Crippen molar-refractivity contribution < 1.29 is 10.2 Å². The standard InChI is InChI=1S/C38H42N6O2/c1-5-44(6-2)36-21-13-9-17-25(41)29(21)32(30-22(36)14-10-18-26(30)42)34-37(45)33(38(34)46)31-27-19(11-7-15-23(27)39)35(43(3)4)20-12-8-16-24(40)28(20)31/h7-18,33-34,37-38,45-46H,5-6,39-42H2,1-4H3. The van der Waals surface area contributed by atoms with Crippen LogP contribution in [0.4, 0.5) is 34.1 Å². The molecule has 46 heavy (non-hydrogen) atoms. The number of anilines is 6. The number of nitrogen functional groups attached to an aromatic ring is 4. The van der Waals surface area contributed by atoms with Crippen molar-refractivity contribution in [1.29, 1.82) is 0 Å². The highest BCUT2D eigenvalue weighted by molar-refractivity contribution is 6.21. The average molecular weight is 615 g/mol. The van der Waals surface area contributed by atoms with E-state index >= 15 is 0 Å². The molecule has 1 aliphatic rings. The van der Waals surface area contributed by atoms with E-state index in [9.17, 15) is 10.2 Å². The summed E-state index contributed by atoms with van der Waals surface area (Å²) in [4.78, 5) is 4.37. The highest BCUT2D eigenvalue weighted by atomic mass is 16.3. The first-order valence-electron chi connectivity index (χ1n) is 15.9. The molecule has 0 aromatic heterocycles. The van der Waals surface area contributed by atoms with Gasteiger partial charge in [0.1, 0.15) is 0 Å². The summed E-state index contributed by atoms with van der Waals surface area (Å²) in [6.07, 6.45) is -1.95. The molecule has 1 fully saturated rings. The third kappa shape index (κ3) is 4.00. The average Bonchev–Trinajstić information content (AvgIpc) is 3.02. The Bertz CT molecular complexity index is 2040. The second kappa shape index (κ2) is 10.9. The van der Waals surface area contributed by atoms with Crippen molar-refractivity contribution >= 4 is 77.2 Å². The Morgan fingerprint density at radius 1 is 0.522 bits per heavy atom. The van der Waals surface area contributed by atoms with Gasteiger partial charge in [0.15, 0.2) is 0 Å². The van der Waals surface area contributed by atoms with Crippen LogP contribution < -0.4 is 32.7 Å². The molecule has 1 aliphatic carbocycles. The van der Waals surface area contributed by atoms with Crippen LogP contribution in [0.3, 0.4) is 0 Å². The van der Waals surface area contributed by atoms with E-state index in [0.29, 0.717) is 22.7 Å². The van der Waals surface area contributed by atoms with Gasteiger partial charge in [-0.15, -0.1) is 0 Å². The lowest BCUT2D eigenvalue weighted by molar-refractivity contribution is -0.0765. The van der Waals surface area contributed by atoms with E-state index in [0.717, 1.165) is 78.7 Å². The van der Waals surface area contributed by atoms with Gasteiger partial charge in [-0.05, 0) is 49.2 Å². The Morgan fingerprint density at radius 2 is 0.826 bits per heavy atom. The minimum atomic E-state index is -0.976. The first-order valence-corrected chi connectivity index (χ1v) is 15.9. The van der Waals surface area contributed by atoms with Crippen LogP contribution in [-0.4, -0.2) is 49.6 Å². The van der Waals surface area contributed by atoms with E-state index < -0.39 is 24.0 Å². The minimum absolute atomic E-state index is 0.566. The first kappa shape index (κ1) is 29.8. The van der Waals surface area contributed by atoms with Gasteiger partial charge in [-0.2, -0.15) is 0 Å². The molecule has 8 heteroatoms. The maximum atomic E-state index is 12.4. The normalized spacial score (nSPS) is 19.6. The molecule has 6 aromatic carbocycles. The monoisotopic (exact) mass is 614 g/mol. The van der Waals surface area contributed by atoms with Gasteiger partial charge in [0.2, 0.25) is 0 Å². The molecule has 0 heterocycles. The lowest BCUT2D eigenvalue weighted by Gasteiger charge is -2.49. The van der Waals surface area contributed by atoms with E-state index in [1.807, 2.05) is 74.8 Å². The number of nitrogens with two attached hydrogens (primary N) is 4. The summed E-state index contributed by atoms with van der Waals surface area (Å²) in [6, 6.07) is 23.5. The van der Waals surface area contributed by atoms with Crippen LogP contribution in [0.2, 0.25) is 0 Å². The Balaban J connectivity index is 1.54. The molecule has 0 spiro atoms. The van der Waals surface area contributed by atoms with E-state index in [-0.39, 0.29) is 0 Å². The fourth-order valence-corrected chi connectivity index (χ4v) is 8.23. The SMILES string of the molecule is CCN(CC)c1c2cccc(N)c2c(C2C(O)C(c3c4c(N)cccc4c(N(C)C)c4cccc(N)c34)C2O)c2c(N)cccc12. The predicted octanol–water partition coefficient (Wildman–Crippen LogP) is 6.14. The highest BCUT2D eigenvalue weighted by Crippen LogP contribution is 2.58. The molecule has 2 atom stereocenters. The summed E-state index contributed by atoms with van der Waals surface area (Å²) in [5.41, 5.74) is 32.8. The predicted molar refractivity (Wildman–Crippen MR) is 196 cm³/mol. The molecular weight excluding hydrogens is 572 g/mol. The maximum Gasteiger partial charge on any atom is 0.0728 e. The number of fused-ring (bicyclic) bond motifs is 4. The van der Waals surface area contributed by atoms with Gasteiger partial charge in [0, 0.05) is 105 Å². The summed E-state index contributed by atoms with van der Waals surface area (Å²) in [5.74, 6) is -1.33. The number of aliphatic hydroxyl groups is 2. The van der Waals surface area contributed by atoms with Gasteiger partial charge >= 0.3 is 0 Å². The summed E-state index contributed by atoms with van der Waals surface area (Å²) in [5, 5.41) is 31.7. The van der Waals surface area contributed by atoms with E-state index in [1.165, 1.54) is 0 Å². The molecule has 0 bridgehead atoms. The number of hydrogen-bond donors (Lipinski definition) is 6. The second-order valence-corrected chi connectivity index (χ2v) is 12.7. The third-order valence-corrected chi connectivity index (χ3v) is 10.1. The zero-order chi connectivity index (χ0) is 32.6. The van der Waals surface area contributed by atoms with Gasteiger partial charge in [0.05, 0.1) is 23.6 Å². The number of nitrogens with zero attached hydrogens (tertiary/aromatic N) is 2. The molecule has 2 unspecified atom stereocenters. The highest BCUT2D eigenvalue weighted by Gasteiger charge is 2.53. The Labute approximate surface area is 268 Å². The molecule has 8 nitrogen and oxygen atoms in total. The van der Waals surface area contributed by atoms with Crippen molar-refractivity contribution in [3.63, 3.8) is 0 Å². The number of rotatable bonds is 6. The van der Waals surface area contributed by atoms with Crippen LogP contribution in [0.1, 0.15) is 36.8 Å². The lowest BCUT2D eigenvalue weighted by Crippen LogP contribution is -2.52. The van der Waals surface area contributed by atoms with Gasteiger partial charge in [0.25, 0.3) is 0 Å². The summed E-state index contributed by atoms with van der Waals surface area (Å²) in [6.45, 7) is 5.86. The zero-order valence-corrected chi connectivity index (χ0v) is 26.8. The fourth-order valence-electron chi connectivity index (χ4n) is 8.23. The number of hydrogen-bond acceptors (Lipinski definition) is 8. The van der Waals surface area contributed by atoms with Crippen molar-refractivity contribution in [2.24, 2.45) is 0 Å². The van der Waals surface area contributed by atoms with Gasteiger partial charge in [-0.1, -0.05) is 48.5 Å². The van der Waals surface area contributed by atoms with E-state index in [1.54, 1.807) is 0 Å². The Kier molecular flexibility index (Phi) is 7.03. The van der Waals surface area contributed by atoms with Crippen molar-refractivity contribution in [2.75, 3.05) is 59.9 Å². The molecule has 7 rings (SSSR count). The van der Waals surface area contributed by atoms with Crippen LogP contribution in [0.15, 0.2) is 72.8 Å². The molecule has 1 saturated carbocycles. The topological polar surface area (TPSA) is 151 Å². The van der Waals surface area contributed by atoms with E-state index in [2.05, 4.69) is 35.8 Å². The van der Waals surface area contributed by atoms with E-state index in [4.69, 9.17) is 22.9 Å². The number of benzene rings is 6. The first-order chi connectivity index (χ1) is 22.1. The molecule has 0 amide bonds. The second-order valence-electron chi connectivity index (χ2n) is 12.7. The van der Waals surface area contributed by atoms with Gasteiger partial charge in [-0.3, -0.25) is 0 Å². The smallest absolute Gasteiger partial charge is 0.0728 e. The van der Waals surface area contributed by atoms with Crippen LogP contribution >= 0.6 is 0 Å². The minimum Gasteiger partial charge on any atom is -0.398 e. The van der Waals surface area contributed by atoms with Crippen molar-refractivity contribution in [1.82, 2.24) is 0 Å². The van der Waals surface area contributed by atoms with Gasteiger partial charge in [-0.25, -0.2) is 0 Å². The van der Waals surface area contributed by atoms with Crippen LogP contribution in [-0.2, 0) is 0 Å². The fraction of sp³-hybridized carbons (Fsp3) is 0.263. The Hall–Kier alpha value is -4.92. The van der Waals surface area contributed by atoms with Gasteiger partial charge < -0.3 is 42.9 Å². The summed E-state index contributed by atoms with van der Waals surface area (Å²) in [7, 11) is 3.99. The molecule has 10 N–H and O–H groups in total. The summed E-state index contributed by atoms with van der Waals surface area (Å²) < 4.78 is 0. The van der Waals surface area contributed by atoms with Crippen molar-refractivity contribution in [2.45, 2.75) is 37.9 Å². The quantitative estimate of drug-likeness (QED) is 0.0967. The van der Waals surface area contributed by atoms with Crippen molar-refractivity contribution in [3.05, 3.63) is 83.9 Å². The molecule has 236 valence electrons. The molecule has 0 aliphatic heterocycles. The summed E-state index contributed by atoms with van der Waals surface area (Å²) >= 11 is 0. The van der Waals surface area contributed by atoms with Crippen molar-refractivity contribution in [3.8, 4) is 0 Å². The maximum absolute atomic E-state index is 12.4. The largest absolute Gasteiger partial charge is 0.398 e. The molecule has 6 aromatic rings.